The molecule has 4 bridgehead atoms. The topological polar surface area (TPSA) is 15.3 Å². The first-order valence-corrected chi connectivity index (χ1v) is 9.40. The third-order valence-electron chi connectivity index (χ3n) is 6.99. The second-order valence-electron chi connectivity index (χ2n) is 8.86. The number of nitrogens with one attached hydrogen (secondary N) is 1. The van der Waals surface area contributed by atoms with Crippen LogP contribution in [-0.2, 0) is 0 Å². The molecule has 4 aliphatic rings. The molecule has 0 spiro atoms. The molecule has 2 atom stereocenters. The van der Waals surface area contributed by atoms with Gasteiger partial charge in [0.05, 0.1) is 0 Å². The Hall–Kier alpha value is -0.0800. The van der Waals surface area contributed by atoms with Crippen LogP contribution < -0.4 is 5.32 Å². The van der Waals surface area contributed by atoms with Crippen LogP contribution in [0.5, 0.6) is 0 Å². The minimum absolute atomic E-state index is 0.632. The average Bonchev–Trinajstić information content (AvgIpc) is 2.42. The number of likely N-dealkylation sites (N-methyl/N-ethyl adjacent to an activating group) is 2. The molecule has 122 valence electrons. The lowest BCUT2D eigenvalue weighted by atomic mass is 9.47. The number of nitrogens with zero attached hydrogens (tertiary/aromatic N) is 1. The van der Waals surface area contributed by atoms with Gasteiger partial charge in [-0.15, -0.1) is 0 Å². The second-order valence-corrected chi connectivity index (χ2v) is 8.86. The van der Waals surface area contributed by atoms with E-state index in [1.54, 1.807) is 19.3 Å². The van der Waals surface area contributed by atoms with Gasteiger partial charge in [0, 0.05) is 19.1 Å². The van der Waals surface area contributed by atoms with Gasteiger partial charge >= 0.3 is 0 Å². The Morgan fingerprint density at radius 1 is 1.05 bits per heavy atom. The van der Waals surface area contributed by atoms with Crippen LogP contribution in [0.15, 0.2) is 0 Å². The molecule has 4 saturated carbocycles. The maximum atomic E-state index is 3.74. The molecule has 2 nitrogen and oxygen atoms in total. The maximum absolute atomic E-state index is 3.74. The summed E-state index contributed by atoms with van der Waals surface area (Å²) in [5.41, 5.74) is 0.632. The van der Waals surface area contributed by atoms with Crippen molar-refractivity contribution in [3.63, 3.8) is 0 Å². The molecular weight excluding hydrogens is 256 g/mol. The number of hydrogen-bond donors (Lipinski definition) is 1. The van der Waals surface area contributed by atoms with Crippen molar-refractivity contribution >= 4 is 0 Å². The lowest BCUT2D eigenvalue weighted by Gasteiger charge is -2.60. The van der Waals surface area contributed by atoms with Crippen LogP contribution in [-0.4, -0.2) is 38.1 Å². The lowest BCUT2D eigenvalue weighted by molar-refractivity contribution is -0.0769. The van der Waals surface area contributed by atoms with E-state index in [2.05, 4.69) is 38.2 Å². The van der Waals surface area contributed by atoms with E-state index >= 15 is 0 Å². The third kappa shape index (κ3) is 3.17. The summed E-state index contributed by atoms with van der Waals surface area (Å²) in [4.78, 5) is 2.59. The molecule has 2 heteroatoms. The predicted molar refractivity (Wildman–Crippen MR) is 90.4 cm³/mol. The Morgan fingerprint density at radius 3 is 2.00 bits per heavy atom. The molecule has 0 saturated heterocycles. The summed E-state index contributed by atoms with van der Waals surface area (Å²) < 4.78 is 0. The van der Waals surface area contributed by atoms with Crippen molar-refractivity contribution in [3.05, 3.63) is 0 Å². The Labute approximate surface area is 132 Å². The first-order valence-electron chi connectivity index (χ1n) is 9.40. The largest absolute Gasteiger partial charge is 0.315 e. The predicted octanol–water partition coefficient (Wildman–Crippen LogP) is 3.77. The summed E-state index contributed by atoms with van der Waals surface area (Å²) in [5, 5.41) is 3.74. The molecule has 2 unspecified atom stereocenters. The Kier molecular flexibility index (Phi) is 4.66. The minimum Gasteiger partial charge on any atom is -0.315 e. The molecule has 4 fully saturated rings. The van der Waals surface area contributed by atoms with Gasteiger partial charge in [-0.3, -0.25) is 0 Å². The van der Waals surface area contributed by atoms with E-state index in [9.17, 15) is 0 Å². The molecule has 4 rings (SSSR count). The Balaban J connectivity index is 1.65. The smallest absolute Gasteiger partial charge is 0.0248 e. The molecule has 4 aliphatic carbocycles. The van der Waals surface area contributed by atoms with Gasteiger partial charge in [0.2, 0.25) is 0 Å². The highest BCUT2D eigenvalue weighted by Gasteiger charge is 2.53. The molecule has 0 aromatic heterocycles. The van der Waals surface area contributed by atoms with Crippen LogP contribution in [0.25, 0.3) is 0 Å². The van der Waals surface area contributed by atoms with Crippen molar-refractivity contribution in [1.82, 2.24) is 10.2 Å². The van der Waals surface area contributed by atoms with E-state index < -0.39 is 0 Å². The normalized spacial score (nSPS) is 40.7. The molecule has 0 aliphatic heterocycles. The SMILES string of the molecule is CCC(C)CN(C)CC(NC)C12CC3CC(CC(C3)C1)C2. The van der Waals surface area contributed by atoms with Crippen molar-refractivity contribution in [1.29, 1.82) is 0 Å². The summed E-state index contributed by atoms with van der Waals surface area (Å²) >= 11 is 0. The van der Waals surface area contributed by atoms with E-state index in [1.165, 1.54) is 38.8 Å². The van der Waals surface area contributed by atoms with Crippen LogP contribution in [0.4, 0.5) is 0 Å². The Bertz CT molecular complexity index is 316. The summed E-state index contributed by atoms with van der Waals surface area (Å²) in [6.07, 6.45) is 10.5. The fourth-order valence-corrected chi connectivity index (χ4v) is 6.24. The maximum Gasteiger partial charge on any atom is 0.0248 e. The highest BCUT2D eigenvalue weighted by atomic mass is 15.1. The van der Waals surface area contributed by atoms with Gasteiger partial charge in [-0.05, 0) is 81.7 Å². The van der Waals surface area contributed by atoms with E-state index in [-0.39, 0.29) is 0 Å². The average molecular weight is 293 g/mol. The highest BCUT2D eigenvalue weighted by Crippen LogP contribution is 2.61. The fraction of sp³-hybridized carbons (Fsp3) is 1.00. The van der Waals surface area contributed by atoms with Crippen molar-refractivity contribution in [2.45, 2.75) is 64.8 Å². The van der Waals surface area contributed by atoms with Gasteiger partial charge in [-0.25, -0.2) is 0 Å². The van der Waals surface area contributed by atoms with Crippen LogP contribution in [0.1, 0.15) is 58.8 Å². The van der Waals surface area contributed by atoms with E-state index in [0.29, 0.717) is 11.5 Å². The third-order valence-corrected chi connectivity index (χ3v) is 6.99. The van der Waals surface area contributed by atoms with Gasteiger partial charge in [0.15, 0.2) is 0 Å². The molecule has 1 N–H and O–H groups in total. The molecule has 0 aromatic rings. The molecular formula is C19H36N2. The summed E-state index contributed by atoms with van der Waals surface area (Å²) in [7, 11) is 4.54. The first kappa shape index (κ1) is 15.8. The van der Waals surface area contributed by atoms with E-state index in [1.807, 2.05) is 0 Å². The van der Waals surface area contributed by atoms with Gasteiger partial charge in [0.1, 0.15) is 0 Å². The molecule has 0 radical (unpaired) electrons. The zero-order valence-electron chi connectivity index (χ0n) is 14.7. The molecule has 0 aromatic carbocycles. The van der Waals surface area contributed by atoms with Crippen molar-refractivity contribution < 1.29 is 0 Å². The minimum atomic E-state index is 0.632. The Morgan fingerprint density at radius 2 is 1.57 bits per heavy atom. The zero-order chi connectivity index (χ0) is 15.0. The van der Waals surface area contributed by atoms with Gasteiger partial charge < -0.3 is 10.2 Å². The van der Waals surface area contributed by atoms with Crippen LogP contribution in [0.3, 0.4) is 0 Å². The number of rotatable bonds is 7. The van der Waals surface area contributed by atoms with Crippen molar-refractivity contribution in [2.75, 3.05) is 27.2 Å². The van der Waals surface area contributed by atoms with E-state index in [4.69, 9.17) is 0 Å². The van der Waals surface area contributed by atoms with Crippen molar-refractivity contribution in [3.8, 4) is 0 Å². The lowest BCUT2D eigenvalue weighted by Crippen LogP contribution is -2.58. The summed E-state index contributed by atoms with van der Waals surface area (Å²) in [6, 6.07) is 0.708. The quantitative estimate of drug-likeness (QED) is 0.768. The van der Waals surface area contributed by atoms with E-state index in [0.717, 1.165) is 23.7 Å². The van der Waals surface area contributed by atoms with Crippen LogP contribution in [0, 0.1) is 29.1 Å². The fourth-order valence-electron chi connectivity index (χ4n) is 6.24. The molecule has 0 amide bonds. The second kappa shape index (κ2) is 6.20. The van der Waals surface area contributed by atoms with Gasteiger partial charge in [-0.1, -0.05) is 20.3 Å². The summed E-state index contributed by atoms with van der Waals surface area (Å²) in [5.74, 6) is 4.01. The monoisotopic (exact) mass is 292 g/mol. The van der Waals surface area contributed by atoms with Gasteiger partial charge in [-0.2, -0.15) is 0 Å². The van der Waals surface area contributed by atoms with Crippen LogP contribution >= 0.6 is 0 Å². The molecule has 0 heterocycles. The first-order chi connectivity index (χ1) is 10.0. The zero-order valence-corrected chi connectivity index (χ0v) is 14.7. The summed E-state index contributed by atoms with van der Waals surface area (Å²) in [6.45, 7) is 7.19. The highest BCUT2D eigenvalue weighted by molar-refractivity contribution is 5.06. The molecule has 21 heavy (non-hydrogen) atoms. The standard InChI is InChI=1S/C19H36N2/c1-5-14(2)12-21(4)13-18(20-3)19-9-15-6-16(10-19)8-17(7-15)11-19/h14-18,20H,5-13H2,1-4H3. The van der Waals surface area contributed by atoms with Crippen LogP contribution in [0.2, 0.25) is 0 Å². The van der Waals surface area contributed by atoms with Crippen molar-refractivity contribution in [2.24, 2.45) is 29.1 Å². The van der Waals surface area contributed by atoms with Gasteiger partial charge in [0.25, 0.3) is 0 Å². The number of hydrogen-bond acceptors (Lipinski definition) is 2.